The van der Waals surface area contributed by atoms with Crippen LogP contribution in [-0.2, 0) is 4.79 Å². The summed E-state index contributed by atoms with van der Waals surface area (Å²) in [5.74, 6) is -0.152. The Morgan fingerprint density at radius 3 is 2.57 bits per heavy atom. The van der Waals surface area contributed by atoms with Crippen LogP contribution in [0.4, 0.5) is 0 Å². The molecule has 1 radical (unpaired) electrons. The van der Waals surface area contributed by atoms with Crippen LogP contribution in [0.5, 0.6) is 0 Å². The lowest BCUT2D eigenvalue weighted by molar-refractivity contribution is 0.547. The van der Waals surface area contributed by atoms with Gasteiger partial charge in [-0.1, -0.05) is 49.4 Å². The van der Waals surface area contributed by atoms with E-state index in [-0.39, 0.29) is 5.92 Å². The maximum absolute atomic E-state index is 10.6. The summed E-state index contributed by atoms with van der Waals surface area (Å²) in [4.78, 5) is 10.6. The average molecular weight is 183 g/mol. The van der Waals surface area contributed by atoms with Gasteiger partial charge in [-0.15, -0.1) is 0 Å². The summed E-state index contributed by atoms with van der Waals surface area (Å²) in [6, 6.07) is 14.1. The van der Waals surface area contributed by atoms with Gasteiger partial charge in [0.2, 0.25) is 6.29 Å². The first-order valence-electron chi connectivity index (χ1n) is 4.68. The van der Waals surface area contributed by atoms with Gasteiger partial charge in [-0.05, 0) is 16.3 Å². The molecule has 0 N–H and O–H groups in total. The molecule has 2 aromatic rings. The summed E-state index contributed by atoms with van der Waals surface area (Å²) in [5, 5.41) is 2.32. The van der Waals surface area contributed by atoms with E-state index in [2.05, 4.69) is 12.1 Å². The summed E-state index contributed by atoms with van der Waals surface area (Å²) in [6.45, 7) is 1.87. The molecule has 14 heavy (non-hydrogen) atoms. The van der Waals surface area contributed by atoms with Crippen molar-refractivity contribution in [1.82, 2.24) is 0 Å². The molecule has 69 valence electrons. The van der Waals surface area contributed by atoms with Gasteiger partial charge in [-0.2, -0.15) is 0 Å². The topological polar surface area (TPSA) is 17.1 Å². The Labute approximate surface area is 83.4 Å². The Balaban J connectivity index is 2.70. The van der Waals surface area contributed by atoms with Crippen LogP contribution >= 0.6 is 0 Å². The SMILES string of the molecule is CC([C]=O)c1cccc2ccccc12. The van der Waals surface area contributed by atoms with E-state index in [0.717, 1.165) is 10.9 Å². The molecule has 2 rings (SSSR count). The van der Waals surface area contributed by atoms with Crippen LogP contribution < -0.4 is 0 Å². The summed E-state index contributed by atoms with van der Waals surface area (Å²) < 4.78 is 0. The minimum Gasteiger partial charge on any atom is -0.290 e. The van der Waals surface area contributed by atoms with Crippen molar-refractivity contribution in [3.8, 4) is 0 Å². The fourth-order valence-electron chi connectivity index (χ4n) is 1.69. The third-order valence-corrected chi connectivity index (χ3v) is 2.47. The van der Waals surface area contributed by atoms with Gasteiger partial charge < -0.3 is 0 Å². The fourth-order valence-corrected chi connectivity index (χ4v) is 1.69. The summed E-state index contributed by atoms with van der Waals surface area (Å²) >= 11 is 0. The standard InChI is InChI=1S/C13H11O/c1-10(9-14)12-8-4-6-11-5-2-3-7-13(11)12/h2-8,10H,1H3. The lowest BCUT2D eigenvalue weighted by Gasteiger charge is -2.07. The second kappa shape index (κ2) is 3.62. The molecule has 1 heteroatoms. The zero-order valence-corrected chi connectivity index (χ0v) is 8.03. The van der Waals surface area contributed by atoms with Crippen molar-refractivity contribution in [3.63, 3.8) is 0 Å². The number of carbonyl (C=O) groups excluding carboxylic acids is 1. The highest BCUT2D eigenvalue weighted by atomic mass is 16.1. The lowest BCUT2D eigenvalue weighted by atomic mass is 9.96. The molecule has 0 aromatic heterocycles. The Hall–Kier alpha value is -1.63. The number of benzene rings is 2. The molecule has 0 aliphatic rings. The Bertz CT molecular complexity index is 454. The van der Waals surface area contributed by atoms with Gasteiger partial charge >= 0.3 is 0 Å². The van der Waals surface area contributed by atoms with Gasteiger partial charge in [0, 0.05) is 5.92 Å². The summed E-state index contributed by atoms with van der Waals surface area (Å²) in [6.07, 6.45) is 2.02. The predicted octanol–water partition coefficient (Wildman–Crippen LogP) is 3.05. The van der Waals surface area contributed by atoms with E-state index in [1.54, 1.807) is 0 Å². The highest BCUT2D eigenvalue weighted by Gasteiger charge is 2.07. The van der Waals surface area contributed by atoms with Crippen LogP contribution in [0.3, 0.4) is 0 Å². The number of hydrogen-bond acceptors (Lipinski definition) is 1. The zero-order chi connectivity index (χ0) is 9.97. The van der Waals surface area contributed by atoms with Crippen molar-refractivity contribution < 1.29 is 4.79 Å². The van der Waals surface area contributed by atoms with Gasteiger partial charge in [-0.25, -0.2) is 0 Å². The van der Waals surface area contributed by atoms with Gasteiger partial charge in [0.1, 0.15) is 0 Å². The predicted molar refractivity (Wildman–Crippen MR) is 58.1 cm³/mol. The highest BCUT2D eigenvalue weighted by Crippen LogP contribution is 2.23. The Morgan fingerprint density at radius 1 is 1.07 bits per heavy atom. The van der Waals surface area contributed by atoms with Crippen molar-refractivity contribution in [1.29, 1.82) is 0 Å². The van der Waals surface area contributed by atoms with E-state index < -0.39 is 0 Å². The zero-order valence-electron chi connectivity index (χ0n) is 8.03. The van der Waals surface area contributed by atoms with Crippen molar-refractivity contribution in [2.75, 3.05) is 0 Å². The number of hydrogen-bond donors (Lipinski definition) is 0. The third-order valence-electron chi connectivity index (χ3n) is 2.47. The maximum atomic E-state index is 10.6. The normalized spacial score (nSPS) is 12.6. The second-order valence-corrected chi connectivity index (χ2v) is 3.41. The number of rotatable bonds is 2. The van der Waals surface area contributed by atoms with Gasteiger partial charge in [0.25, 0.3) is 0 Å². The van der Waals surface area contributed by atoms with Gasteiger partial charge in [0.05, 0.1) is 0 Å². The smallest absolute Gasteiger partial charge is 0.206 e. The molecular weight excluding hydrogens is 172 g/mol. The lowest BCUT2D eigenvalue weighted by Crippen LogP contribution is -1.94. The van der Waals surface area contributed by atoms with E-state index in [1.165, 1.54) is 5.39 Å². The monoisotopic (exact) mass is 183 g/mol. The van der Waals surface area contributed by atoms with E-state index in [1.807, 2.05) is 43.5 Å². The second-order valence-electron chi connectivity index (χ2n) is 3.41. The van der Waals surface area contributed by atoms with Crippen LogP contribution in [0, 0.1) is 0 Å². The van der Waals surface area contributed by atoms with Crippen LogP contribution in [0.1, 0.15) is 18.4 Å². The maximum Gasteiger partial charge on any atom is 0.206 e. The minimum atomic E-state index is -0.152. The van der Waals surface area contributed by atoms with E-state index in [4.69, 9.17) is 0 Å². The first-order chi connectivity index (χ1) is 6.83. The van der Waals surface area contributed by atoms with Crippen LogP contribution in [0.25, 0.3) is 10.8 Å². The van der Waals surface area contributed by atoms with Gasteiger partial charge in [-0.3, -0.25) is 4.79 Å². The third kappa shape index (κ3) is 1.41. The molecule has 0 amide bonds. The molecule has 0 saturated carbocycles. The quantitative estimate of drug-likeness (QED) is 0.699. The summed E-state index contributed by atoms with van der Waals surface area (Å²) in [5.41, 5.74) is 1.05. The van der Waals surface area contributed by atoms with Crippen LogP contribution in [0.2, 0.25) is 0 Å². The van der Waals surface area contributed by atoms with Crippen molar-refractivity contribution in [2.45, 2.75) is 12.8 Å². The van der Waals surface area contributed by atoms with Gasteiger partial charge in [0.15, 0.2) is 0 Å². The molecule has 1 unspecified atom stereocenters. The fraction of sp³-hybridized carbons (Fsp3) is 0.154. The first-order valence-corrected chi connectivity index (χ1v) is 4.68. The Kier molecular flexibility index (Phi) is 2.32. The molecule has 0 bridgehead atoms. The van der Waals surface area contributed by atoms with Crippen molar-refractivity contribution >= 4 is 17.1 Å². The molecule has 0 fully saturated rings. The van der Waals surface area contributed by atoms with E-state index in [9.17, 15) is 4.79 Å². The molecule has 1 atom stereocenters. The van der Waals surface area contributed by atoms with E-state index >= 15 is 0 Å². The highest BCUT2D eigenvalue weighted by molar-refractivity contribution is 5.88. The molecule has 0 aliphatic heterocycles. The molecule has 2 aromatic carbocycles. The van der Waals surface area contributed by atoms with Crippen molar-refractivity contribution in [3.05, 3.63) is 48.0 Å². The van der Waals surface area contributed by atoms with Crippen LogP contribution in [0.15, 0.2) is 42.5 Å². The average Bonchev–Trinajstić information content (AvgIpc) is 2.27. The van der Waals surface area contributed by atoms with Crippen LogP contribution in [-0.4, -0.2) is 6.29 Å². The minimum absolute atomic E-state index is 0.152. The van der Waals surface area contributed by atoms with Crippen molar-refractivity contribution in [2.24, 2.45) is 0 Å². The molecule has 0 spiro atoms. The summed E-state index contributed by atoms with van der Waals surface area (Å²) in [7, 11) is 0. The van der Waals surface area contributed by atoms with E-state index in [0.29, 0.717) is 0 Å². The largest absolute Gasteiger partial charge is 0.290 e. The Morgan fingerprint density at radius 2 is 1.79 bits per heavy atom. The molecule has 1 nitrogen and oxygen atoms in total. The molecular formula is C13H11O. The molecule has 0 aliphatic carbocycles. The first kappa shape index (κ1) is 8.95. The number of fused-ring (bicyclic) bond motifs is 1. The molecule has 0 saturated heterocycles. The molecule has 0 heterocycles.